The summed E-state index contributed by atoms with van der Waals surface area (Å²) in [5.74, 6) is 5.58. The maximum absolute atomic E-state index is 8.81. The molecule has 3 N–H and O–H groups in total. The average Bonchev–Trinajstić information content (AvgIpc) is 2.16. The molecule has 1 rings (SSSR count). The predicted molar refractivity (Wildman–Crippen MR) is 46.9 cm³/mol. The number of aliphatic hydroxyl groups excluding tert-OH is 1. The minimum Gasteiger partial charge on any atom is -0.390 e. The fourth-order valence-corrected chi connectivity index (χ4v) is 1.46. The van der Waals surface area contributed by atoms with Crippen LogP contribution in [0.15, 0.2) is 5.10 Å². The lowest BCUT2D eigenvalue weighted by Crippen LogP contribution is -2.22. The Bertz CT molecular complexity index is 153. The van der Waals surface area contributed by atoms with Gasteiger partial charge in [-0.3, -0.25) is 0 Å². The largest absolute Gasteiger partial charge is 0.390 e. The number of hydrazone groups is 1. The van der Waals surface area contributed by atoms with E-state index >= 15 is 0 Å². The van der Waals surface area contributed by atoms with Gasteiger partial charge in [0.25, 0.3) is 0 Å². The average molecular weight is 172 g/mol. The van der Waals surface area contributed by atoms with Crippen molar-refractivity contribution in [3.05, 3.63) is 0 Å². The van der Waals surface area contributed by atoms with Gasteiger partial charge in [0.15, 0.2) is 0 Å². The van der Waals surface area contributed by atoms with Gasteiger partial charge < -0.3 is 15.7 Å². The second kappa shape index (κ2) is 5.11. The quantitative estimate of drug-likeness (QED) is 0.360. The maximum Gasteiger partial charge on any atom is 0.0831 e. The lowest BCUT2D eigenvalue weighted by molar-refractivity contribution is 0.0571. The summed E-state index contributed by atoms with van der Waals surface area (Å²) >= 11 is 0. The molecule has 0 aromatic carbocycles. The van der Waals surface area contributed by atoms with E-state index in [0.717, 1.165) is 32.5 Å². The van der Waals surface area contributed by atoms with Crippen molar-refractivity contribution in [1.29, 1.82) is 0 Å². The summed E-state index contributed by atoms with van der Waals surface area (Å²) in [6, 6.07) is 0. The molecule has 1 aliphatic rings. The Labute approximate surface area is 72.4 Å². The van der Waals surface area contributed by atoms with E-state index in [4.69, 9.17) is 15.7 Å². The van der Waals surface area contributed by atoms with Crippen LogP contribution in [0.5, 0.6) is 0 Å². The molecule has 0 amide bonds. The van der Waals surface area contributed by atoms with Crippen molar-refractivity contribution in [3.63, 3.8) is 0 Å². The Hall–Kier alpha value is -0.610. The van der Waals surface area contributed by atoms with E-state index in [-0.39, 0.29) is 6.61 Å². The third-order valence-corrected chi connectivity index (χ3v) is 2.14. The van der Waals surface area contributed by atoms with Crippen molar-refractivity contribution in [2.24, 2.45) is 16.9 Å². The molecule has 1 atom stereocenters. The van der Waals surface area contributed by atoms with Gasteiger partial charge in [0.1, 0.15) is 0 Å². The van der Waals surface area contributed by atoms with Gasteiger partial charge in [-0.1, -0.05) is 0 Å². The van der Waals surface area contributed by atoms with Crippen molar-refractivity contribution in [1.82, 2.24) is 0 Å². The van der Waals surface area contributed by atoms with E-state index in [2.05, 4.69) is 5.10 Å². The molecule has 1 unspecified atom stereocenters. The minimum absolute atomic E-state index is 0.0347. The van der Waals surface area contributed by atoms with Crippen LogP contribution in [0.25, 0.3) is 0 Å². The Morgan fingerprint density at radius 2 is 2.50 bits per heavy atom. The first-order valence-electron chi connectivity index (χ1n) is 4.31. The van der Waals surface area contributed by atoms with Crippen LogP contribution in [-0.4, -0.2) is 30.6 Å². The van der Waals surface area contributed by atoms with E-state index in [9.17, 15) is 0 Å². The van der Waals surface area contributed by atoms with Crippen LogP contribution in [0.1, 0.15) is 19.3 Å². The highest BCUT2D eigenvalue weighted by atomic mass is 16.5. The molecule has 4 heteroatoms. The highest BCUT2D eigenvalue weighted by molar-refractivity contribution is 5.85. The predicted octanol–water partition coefficient (Wildman–Crippen LogP) is 0.110. The molecule has 0 saturated carbocycles. The second-order valence-corrected chi connectivity index (χ2v) is 3.14. The number of ether oxygens (including phenoxy) is 1. The van der Waals surface area contributed by atoms with Crippen molar-refractivity contribution >= 4 is 5.71 Å². The van der Waals surface area contributed by atoms with Crippen molar-refractivity contribution in [3.8, 4) is 0 Å². The highest BCUT2D eigenvalue weighted by Crippen LogP contribution is 2.17. The zero-order chi connectivity index (χ0) is 8.81. The Balaban J connectivity index is 2.28. The van der Waals surface area contributed by atoms with Crippen molar-refractivity contribution in [2.75, 3.05) is 19.8 Å². The third-order valence-electron chi connectivity index (χ3n) is 2.14. The first-order valence-corrected chi connectivity index (χ1v) is 4.31. The lowest BCUT2D eigenvalue weighted by Gasteiger charge is -2.21. The molecule has 1 fully saturated rings. The van der Waals surface area contributed by atoms with E-state index in [1.54, 1.807) is 0 Å². The summed E-state index contributed by atoms with van der Waals surface area (Å²) in [4.78, 5) is 0. The SMILES string of the molecule is N/N=C(\CO)CC1CCCOC1. The Morgan fingerprint density at radius 1 is 1.67 bits per heavy atom. The summed E-state index contributed by atoms with van der Waals surface area (Å²) in [5.41, 5.74) is 0.672. The van der Waals surface area contributed by atoms with Crippen LogP contribution in [-0.2, 0) is 4.74 Å². The number of rotatable bonds is 3. The van der Waals surface area contributed by atoms with E-state index in [1.807, 2.05) is 0 Å². The molecular formula is C8H16N2O2. The monoisotopic (exact) mass is 172 g/mol. The molecule has 1 aliphatic heterocycles. The standard InChI is InChI=1S/C8H16N2O2/c9-10-8(5-11)4-7-2-1-3-12-6-7/h7,11H,1-6,9H2/b10-8-. The van der Waals surface area contributed by atoms with Crippen LogP contribution < -0.4 is 5.84 Å². The van der Waals surface area contributed by atoms with Gasteiger partial charge in [0.05, 0.1) is 12.3 Å². The van der Waals surface area contributed by atoms with Crippen LogP contribution >= 0.6 is 0 Å². The van der Waals surface area contributed by atoms with Crippen LogP contribution in [0.3, 0.4) is 0 Å². The molecule has 0 aliphatic carbocycles. The molecule has 4 nitrogen and oxygen atoms in total. The van der Waals surface area contributed by atoms with Crippen LogP contribution in [0, 0.1) is 5.92 Å². The number of nitrogens with two attached hydrogens (primary N) is 1. The van der Waals surface area contributed by atoms with E-state index in [0.29, 0.717) is 11.6 Å². The molecule has 0 aromatic heterocycles. The van der Waals surface area contributed by atoms with E-state index in [1.165, 1.54) is 0 Å². The van der Waals surface area contributed by atoms with Gasteiger partial charge in [-0.25, -0.2) is 0 Å². The lowest BCUT2D eigenvalue weighted by atomic mass is 9.96. The fraction of sp³-hybridized carbons (Fsp3) is 0.875. The molecule has 12 heavy (non-hydrogen) atoms. The molecule has 0 spiro atoms. The normalized spacial score (nSPS) is 25.8. The summed E-state index contributed by atoms with van der Waals surface area (Å²) in [7, 11) is 0. The molecule has 0 aromatic rings. The molecule has 0 radical (unpaired) electrons. The van der Waals surface area contributed by atoms with Gasteiger partial charge in [-0.2, -0.15) is 5.10 Å². The summed E-state index contributed by atoms with van der Waals surface area (Å²) in [5, 5.41) is 12.3. The number of nitrogens with zero attached hydrogens (tertiary/aromatic N) is 1. The summed E-state index contributed by atoms with van der Waals surface area (Å²) in [6.45, 7) is 1.61. The first kappa shape index (κ1) is 9.48. The molecule has 1 saturated heterocycles. The number of hydrogen-bond acceptors (Lipinski definition) is 4. The minimum atomic E-state index is -0.0347. The zero-order valence-corrected chi connectivity index (χ0v) is 7.20. The number of aliphatic hydroxyl groups is 1. The topological polar surface area (TPSA) is 67.8 Å². The maximum atomic E-state index is 8.81. The van der Waals surface area contributed by atoms with Gasteiger partial charge in [0, 0.05) is 13.2 Å². The van der Waals surface area contributed by atoms with Gasteiger partial charge >= 0.3 is 0 Å². The molecule has 70 valence electrons. The van der Waals surface area contributed by atoms with Gasteiger partial charge in [-0.15, -0.1) is 0 Å². The molecule has 0 bridgehead atoms. The van der Waals surface area contributed by atoms with Crippen LogP contribution in [0.4, 0.5) is 0 Å². The molecular weight excluding hydrogens is 156 g/mol. The first-order chi connectivity index (χ1) is 5.86. The smallest absolute Gasteiger partial charge is 0.0831 e. The van der Waals surface area contributed by atoms with E-state index < -0.39 is 0 Å². The van der Waals surface area contributed by atoms with Crippen LogP contribution in [0.2, 0.25) is 0 Å². The zero-order valence-electron chi connectivity index (χ0n) is 7.20. The highest BCUT2D eigenvalue weighted by Gasteiger charge is 2.15. The summed E-state index contributed by atoms with van der Waals surface area (Å²) < 4.78 is 5.29. The third kappa shape index (κ3) is 2.79. The van der Waals surface area contributed by atoms with Crippen molar-refractivity contribution in [2.45, 2.75) is 19.3 Å². The number of hydrogen-bond donors (Lipinski definition) is 2. The Kier molecular flexibility index (Phi) is 4.04. The van der Waals surface area contributed by atoms with Gasteiger partial charge in [0.2, 0.25) is 0 Å². The fourth-order valence-electron chi connectivity index (χ4n) is 1.46. The second-order valence-electron chi connectivity index (χ2n) is 3.14. The summed E-state index contributed by atoms with van der Waals surface area (Å²) in [6.07, 6.45) is 3.03. The molecule has 1 heterocycles. The van der Waals surface area contributed by atoms with Crippen molar-refractivity contribution < 1.29 is 9.84 Å². The Morgan fingerprint density at radius 3 is 3.00 bits per heavy atom. The van der Waals surface area contributed by atoms with Gasteiger partial charge in [-0.05, 0) is 25.2 Å².